The number of aryl methyl sites for hydroxylation is 2. The van der Waals surface area contributed by atoms with Gasteiger partial charge in [0, 0.05) is 30.6 Å². The fourth-order valence-corrected chi connectivity index (χ4v) is 5.58. The Balaban J connectivity index is 0.00000576. The minimum Gasteiger partial charge on any atom is -0.444 e. The Morgan fingerprint density at radius 2 is 1.87 bits per heavy atom. The normalized spacial score (nSPS) is 13.4. The average molecular weight is 709 g/mol. The number of thiazole rings is 1. The Bertz CT molecular complexity index is 1980. The number of benzene rings is 1. The number of hydrogen-bond donors (Lipinski definition) is 1. The third kappa shape index (κ3) is 7.57. The molecule has 0 aliphatic carbocycles. The first-order chi connectivity index (χ1) is 21.0. The maximum Gasteiger partial charge on any atom is 0.573 e. The number of fused-ring (bicyclic) bond motifs is 1. The Morgan fingerprint density at radius 1 is 1.20 bits per heavy atom. The Kier molecular flexibility index (Phi) is 11.4. The van der Waals surface area contributed by atoms with Crippen molar-refractivity contribution in [1.29, 1.82) is 0 Å². The summed E-state index contributed by atoms with van der Waals surface area (Å²) in [4.78, 5) is 55.4. The molecule has 0 fully saturated rings. The van der Waals surface area contributed by atoms with Gasteiger partial charge in [-0.15, -0.1) is 36.9 Å². The van der Waals surface area contributed by atoms with Crippen LogP contribution >= 0.6 is 35.3 Å². The van der Waals surface area contributed by atoms with Crippen LogP contribution in [-0.4, -0.2) is 38.0 Å². The van der Waals surface area contributed by atoms with Gasteiger partial charge < -0.3 is 19.6 Å². The minimum absolute atomic E-state index is 0. The van der Waals surface area contributed by atoms with Crippen LogP contribution in [-0.2, 0) is 41.6 Å². The van der Waals surface area contributed by atoms with Crippen molar-refractivity contribution in [2.75, 3.05) is 0 Å². The topological polar surface area (TPSA) is 153 Å². The molecule has 46 heavy (non-hydrogen) atoms. The second-order valence-electron chi connectivity index (χ2n) is 10.2. The first kappa shape index (κ1) is 36.6. The average Bonchev–Trinajstić information content (AvgIpc) is 3.53. The van der Waals surface area contributed by atoms with Crippen LogP contribution in [0.5, 0.6) is 5.75 Å². The molecule has 2 N–H and O–H groups in total. The molecule has 18 heteroatoms. The molecule has 1 unspecified atom stereocenters. The Labute approximate surface area is 274 Å². The zero-order valence-electron chi connectivity index (χ0n) is 25.1. The van der Waals surface area contributed by atoms with Crippen molar-refractivity contribution in [1.82, 2.24) is 13.7 Å². The highest BCUT2D eigenvalue weighted by atomic mass is 35.5. The van der Waals surface area contributed by atoms with E-state index in [0.717, 1.165) is 26.5 Å². The van der Waals surface area contributed by atoms with Crippen molar-refractivity contribution in [3.8, 4) is 17.0 Å². The number of nitrogens with two attached hydrogens (primary N) is 1. The molecule has 4 aromatic rings. The van der Waals surface area contributed by atoms with Crippen LogP contribution < -0.4 is 26.5 Å². The highest BCUT2D eigenvalue weighted by Gasteiger charge is 2.32. The standard InChI is InChI=1S/C28H29ClF3N5O7S.ClH/c1-6-13(2)22(33)25(40)42-12-37-18(15-7-8-19(17(29)9-15)44-28(30,31)32)11-45-26(37)34-20(38)10-16-14(3)43-24-21(16)23(39)35(4)27(41)36(24)5;/h7-9,11,13,22H,6,10,12,33H2,1-5H3;1H/t13?,22-;/m0./s1. The summed E-state index contributed by atoms with van der Waals surface area (Å²) in [7, 11) is 2.74. The minimum atomic E-state index is -4.96. The molecule has 2 atom stereocenters. The predicted octanol–water partition coefficient (Wildman–Crippen LogP) is 4.19. The van der Waals surface area contributed by atoms with Crippen molar-refractivity contribution < 1.29 is 36.7 Å². The summed E-state index contributed by atoms with van der Waals surface area (Å²) < 4.78 is 56.7. The van der Waals surface area contributed by atoms with E-state index in [4.69, 9.17) is 26.5 Å². The molecule has 3 heterocycles. The van der Waals surface area contributed by atoms with Crippen molar-refractivity contribution >= 4 is 58.3 Å². The van der Waals surface area contributed by atoms with Gasteiger partial charge in [0.25, 0.3) is 11.5 Å². The van der Waals surface area contributed by atoms with Gasteiger partial charge in [-0.25, -0.2) is 4.79 Å². The molecular weight excluding hydrogens is 678 g/mol. The summed E-state index contributed by atoms with van der Waals surface area (Å²) in [6.07, 6.45) is -4.71. The van der Waals surface area contributed by atoms with Gasteiger partial charge in [-0.05, 0) is 31.0 Å². The maximum absolute atomic E-state index is 13.3. The third-order valence-corrected chi connectivity index (χ3v) is 8.41. The quantitative estimate of drug-likeness (QED) is 0.254. The van der Waals surface area contributed by atoms with E-state index in [1.807, 2.05) is 6.92 Å². The van der Waals surface area contributed by atoms with E-state index in [0.29, 0.717) is 17.7 Å². The zero-order chi connectivity index (χ0) is 33.4. The summed E-state index contributed by atoms with van der Waals surface area (Å²) >= 11 is 7.05. The second kappa shape index (κ2) is 14.3. The van der Waals surface area contributed by atoms with Crippen LogP contribution in [0.2, 0.25) is 5.02 Å². The van der Waals surface area contributed by atoms with Gasteiger partial charge in [-0.3, -0.25) is 28.1 Å². The summed E-state index contributed by atoms with van der Waals surface area (Å²) in [5, 5.41) is 1.27. The molecular formula is C28H30Cl2F3N5O7S. The number of halogens is 5. The van der Waals surface area contributed by atoms with Gasteiger partial charge in [0.2, 0.25) is 5.71 Å². The number of amides is 1. The summed E-state index contributed by atoms with van der Waals surface area (Å²) in [6, 6.07) is 2.63. The van der Waals surface area contributed by atoms with Gasteiger partial charge in [-0.2, -0.15) is 4.99 Å². The van der Waals surface area contributed by atoms with Crippen LogP contribution in [0.15, 0.2) is 42.6 Å². The van der Waals surface area contributed by atoms with E-state index in [1.165, 1.54) is 30.8 Å². The molecule has 3 aromatic heterocycles. The number of alkyl halides is 3. The first-order valence-electron chi connectivity index (χ1n) is 13.5. The number of ether oxygens (including phenoxy) is 2. The Hall–Kier alpha value is -3.86. The molecule has 12 nitrogen and oxygen atoms in total. The molecule has 0 aliphatic heterocycles. The van der Waals surface area contributed by atoms with E-state index in [2.05, 4.69) is 9.73 Å². The fourth-order valence-electron chi connectivity index (χ4n) is 4.45. The van der Waals surface area contributed by atoms with Gasteiger partial charge in [0.15, 0.2) is 11.5 Å². The molecule has 0 saturated heterocycles. The van der Waals surface area contributed by atoms with Crippen molar-refractivity contribution in [2.24, 2.45) is 30.7 Å². The highest BCUT2D eigenvalue weighted by molar-refractivity contribution is 7.07. The van der Waals surface area contributed by atoms with E-state index < -0.39 is 48.0 Å². The van der Waals surface area contributed by atoms with E-state index >= 15 is 0 Å². The van der Waals surface area contributed by atoms with Crippen molar-refractivity contribution in [2.45, 2.75) is 52.7 Å². The van der Waals surface area contributed by atoms with Crippen molar-refractivity contribution in [3.63, 3.8) is 0 Å². The summed E-state index contributed by atoms with van der Waals surface area (Å²) in [6.45, 7) is 4.75. The predicted molar refractivity (Wildman–Crippen MR) is 166 cm³/mol. The molecule has 0 radical (unpaired) electrons. The van der Waals surface area contributed by atoms with E-state index in [1.54, 1.807) is 19.2 Å². The molecule has 0 aliphatic rings. The highest BCUT2D eigenvalue weighted by Crippen LogP contribution is 2.34. The number of carbonyl (C=O) groups excluding carboxylic acids is 2. The van der Waals surface area contributed by atoms with Crippen molar-refractivity contribution in [3.05, 3.63) is 65.6 Å². The molecule has 1 amide bonds. The first-order valence-corrected chi connectivity index (χ1v) is 14.7. The molecule has 0 bridgehead atoms. The lowest BCUT2D eigenvalue weighted by atomic mass is 10.0. The molecule has 250 valence electrons. The van der Waals surface area contributed by atoms with Gasteiger partial charge >= 0.3 is 18.0 Å². The molecule has 0 spiro atoms. The maximum atomic E-state index is 13.3. The lowest BCUT2D eigenvalue weighted by Crippen LogP contribution is -2.38. The lowest BCUT2D eigenvalue weighted by molar-refractivity contribution is -0.274. The van der Waals surface area contributed by atoms with Gasteiger partial charge in [0.05, 0.1) is 17.1 Å². The van der Waals surface area contributed by atoms with E-state index in [9.17, 15) is 32.3 Å². The fraction of sp³-hybridized carbons (Fsp3) is 0.393. The largest absolute Gasteiger partial charge is 0.573 e. The second-order valence-corrected chi connectivity index (χ2v) is 11.5. The van der Waals surface area contributed by atoms with Crippen LogP contribution in [0.4, 0.5) is 13.2 Å². The number of rotatable bonds is 9. The van der Waals surface area contributed by atoms with Crippen LogP contribution in [0.3, 0.4) is 0 Å². The molecule has 4 rings (SSSR count). The Morgan fingerprint density at radius 3 is 2.48 bits per heavy atom. The van der Waals surface area contributed by atoms with Gasteiger partial charge in [-0.1, -0.05) is 31.9 Å². The van der Waals surface area contributed by atoms with Crippen LogP contribution in [0.1, 0.15) is 31.6 Å². The monoisotopic (exact) mass is 707 g/mol. The number of esters is 1. The number of furan rings is 1. The number of hydrogen-bond acceptors (Lipinski definition) is 9. The number of aromatic nitrogens is 3. The number of carbonyl (C=O) groups is 2. The summed E-state index contributed by atoms with van der Waals surface area (Å²) in [5.74, 6) is -1.97. The summed E-state index contributed by atoms with van der Waals surface area (Å²) in [5.41, 5.74) is 5.64. The molecule has 1 aromatic carbocycles. The van der Waals surface area contributed by atoms with Crippen LogP contribution in [0, 0.1) is 12.8 Å². The number of nitrogens with zero attached hydrogens (tertiary/aromatic N) is 4. The lowest BCUT2D eigenvalue weighted by Gasteiger charge is -2.18. The molecule has 0 saturated carbocycles. The third-order valence-electron chi connectivity index (χ3n) is 7.25. The SMILES string of the molecule is CCC(C)[C@H](N)C(=O)OCn1c(-c2ccc(OC(F)(F)F)c(Cl)c2)csc1=NC(=O)Cc1c(C)oc2c1c(=O)n(C)c(=O)n2C.Cl. The van der Waals surface area contributed by atoms with E-state index in [-0.39, 0.29) is 57.0 Å². The zero-order valence-corrected chi connectivity index (χ0v) is 27.5. The smallest absolute Gasteiger partial charge is 0.444 e. The van der Waals surface area contributed by atoms with Gasteiger partial charge in [0.1, 0.15) is 22.9 Å². The van der Waals surface area contributed by atoms with Crippen LogP contribution in [0.25, 0.3) is 22.4 Å².